The summed E-state index contributed by atoms with van der Waals surface area (Å²) in [6.07, 6.45) is -0.424. The van der Waals surface area contributed by atoms with Crippen LogP contribution in [-0.2, 0) is 27.3 Å². The summed E-state index contributed by atoms with van der Waals surface area (Å²) in [5.74, 6) is -0.864. The van der Waals surface area contributed by atoms with Crippen LogP contribution in [0.5, 0.6) is 0 Å². The number of ether oxygens (including phenoxy) is 2. The Morgan fingerprint density at radius 1 is 0.763 bits per heavy atom. The number of alkyl carbamates (subject to hydrolysis) is 2. The van der Waals surface area contributed by atoms with Crippen molar-refractivity contribution in [2.75, 3.05) is 18.4 Å². The standard InChI is InChI=1S/C30H35N3O5/c1-30(2,3)38-29(36)31-19-18-22-14-16-25(17-15-22)33-27(34)26(24-12-8-5-9-13-24)20-32-28(35)37-21-23-10-6-4-7-11-23/h4-17,26H,18-21H2,1-3H3,(H,31,36)(H,32,35)(H,33,34). The van der Waals surface area contributed by atoms with Gasteiger partial charge < -0.3 is 25.4 Å². The first kappa shape index (κ1) is 28.2. The highest BCUT2D eigenvalue weighted by Crippen LogP contribution is 2.19. The summed E-state index contributed by atoms with van der Waals surface area (Å²) in [6, 6.07) is 26.1. The lowest BCUT2D eigenvalue weighted by Crippen LogP contribution is -2.34. The zero-order chi connectivity index (χ0) is 27.4. The average molecular weight is 518 g/mol. The predicted molar refractivity (Wildman–Crippen MR) is 147 cm³/mol. The summed E-state index contributed by atoms with van der Waals surface area (Å²) >= 11 is 0. The van der Waals surface area contributed by atoms with Crippen LogP contribution in [0.25, 0.3) is 0 Å². The van der Waals surface area contributed by atoms with Gasteiger partial charge >= 0.3 is 12.2 Å². The van der Waals surface area contributed by atoms with Crippen molar-refractivity contribution in [1.82, 2.24) is 10.6 Å². The molecule has 0 bridgehead atoms. The molecule has 3 N–H and O–H groups in total. The number of anilines is 1. The molecule has 0 aliphatic heterocycles. The SMILES string of the molecule is CC(C)(C)OC(=O)NCCc1ccc(NC(=O)C(CNC(=O)OCc2ccccc2)c2ccccc2)cc1. The van der Waals surface area contributed by atoms with Gasteiger partial charge in [0.15, 0.2) is 0 Å². The van der Waals surface area contributed by atoms with Gasteiger partial charge in [0.2, 0.25) is 5.91 Å². The predicted octanol–water partition coefficient (Wildman–Crippen LogP) is 5.40. The van der Waals surface area contributed by atoms with E-state index in [4.69, 9.17) is 9.47 Å². The molecule has 38 heavy (non-hydrogen) atoms. The van der Waals surface area contributed by atoms with Crippen LogP contribution in [0.15, 0.2) is 84.9 Å². The van der Waals surface area contributed by atoms with Crippen LogP contribution in [0, 0.1) is 0 Å². The molecule has 0 spiro atoms. The fourth-order valence-electron chi connectivity index (χ4n) is 3.61. The number of carbonyl (C=O) groups excluding carboxylic acids is 3. The number of amides is 3. The molecule has 3 amide bonds. The number of hydrogen-bond acceptors (Lipinski definition) is 5. The van der Waals surface area contributed by atoms with Crippen LogP contribution in [0.2, 0.25) is 0 Å². The van der Waals surface area contributed by atoms with Crippen molar-refractivity contribution in [1.29, 1.82) is 0 Å². The zero-order valence-electron chi connectivity index (χ0n) is 22.0. The normalized spacial score (nSPS) is 11.7. The van der Waals surface area contributed by atoms with E-state index >= 15 is 0 Å². The van der Waals surface area contributed by atoms with Crippen LogP contribution in [0.1, 0.15) is 43.4 Å². The Balaban J connectivity index is 1.53. The lowest BCUT2D eigenvalue weighted by atomic mass is 9.98. The number of carbonyl (C=O) groups is 3. The molecule has 1 atom stereocenters. The minimum absolute atomic E-state index is 0.0812. The maximum atomic E-state index is 13.2. The Kier molecular flexibility index (Phi) is 10.3. The number of rotatable bonds is 10. The van der Waals surface area contributed by atoms with Gasteiger partial charge in [0.05, 0.1) is 5.92 Å². The third kappa shape index (κ3) is 9.97. The molecule has 0 aromatic heterocycles. The van der Waals surface area contributed by atoms with Crippen LogP contribution in [0.3, 0.4) is 0 Å². The van der Waals surface area contributed by atoms with Crippen molar-refractivity contribution in [3.8, 4) is 0 Å². The van der Waals surface area contributed by atoms with Gasteiger partial charge in [-0.3, -0.25) is 4.79 Å². The Morgan fingerprint density at radius 2 is 1.39 bits per heavy atom. The lowest BCUT2D eigenvalue weighted by molar-refractivity contribution is -0.117. The Bertz CT molecular complexity index is 1180. The third-order valence-corrected chi connectivity index (χ3v) is 5.49. The fraction of sp³-hybridized carbons (Fsp3) is 0.300. The topological polar surface area (TPSA) is 106 Å². The van der Waals surface area contributed by atoms with E-state index in [1.165, 1.54) is 0 Å². The number of hydrogen-bond donors (Lipinski definition) is 3. The van der Waals surface area contributed by atoms with E-state index in [2.05, 4.69) is 16.0 Å². The van der Waals surface area contributed by atoms with Gasteiger partial charge in [-0.05, 0) is 56.0 Å². The van der Waals surface area contributed by atoms with Crippen LogP contribution in [-0.4, -0.2) is 36.8 Å². The van der Waals surface area contributed by atoms with Crippen molar-refractivity contribution in [2.24, 2.45) is 0 Å². The quantitative estimate of drug-likeness (QED) is 0.334. The first-order chi connectivity index (χ1) is 18.2. The van der Waals surface area contributed by atoms with Gasteiger partial charge in [-0.1, -0.05) is 72.8 Å². The van der Waals surface area contributed by atoms with Crippen molar-refractivity contribution < 1.29 is 23.9 Å². The maximum Gasteiger partial charge on any atom is 0.407 e. The highest BCUT2D eigenvalue weighted by molar-refractivity contribution is 5.96. The van der Waals surface area contributed by atoms with Gasteiger partial charge in [-0.15, -0.1) is 0 Å². The summed E-state index contributed by atoms with van der Waals surface area (Å²) < 4.78 is 10.5. The van der Waals surface area contributed by atoms with Gasteiger partial charge in [0.25, 0.3) is 0 Å². The van der Waals surface area contributed by atoms with Crippen molar-refractivity contribution in [3.63, 3.8) is 0 Å². The lowest BCUT2D eigenvalue weighted by Gasteiger charge is -2.19. The largest absolute Gasteiger partial charge is 0.445 e. The second kappa shape index (κ2) is 13.8. The second-order valence-electron chi connectivity index (χ2n) is 9.77. The molecular formula is C30H35N3O5. The highest BCUT2D eigenvalue weighted by Gasteiger charge is 2.22. The van der Waals surface area contributed by atoms with Gasteiger partial charge in [0.1, 0.15) is 12.2 Å². The van der Waals surface area contributed by atoms with Crippen LogP contribution >= 0.6 is 0 Å². The summed E-state index contributed by atoms with van der Waals surface area (Å²) in [5, 5.41) is 8.37. The smallest absolute Gasteiger partial charge is 0.407 e. The molecule has 200 valence electrons. The summed E-state index contributed by atoms with van der Waals surface area (Å²) in [7, 11) is 0. The zero-order valence-corrected chi connectivity index (χ0v) is 22.0. The Hall–Kier alpha value is -4.33. The summed E-state index contributed by atoms with van der Waals surface area (Å²) in [4.78, 5) is 37.2. The molecule has 3 aromatic carbocycles. The fourth-order valence-corrected chi connectivity index (χ4v) is 3.61. The average Bonchev–Trinajstić information content (AvgIpc) is 2.89. The summed E-state index contributed by atoms with van der Waals surface area (Å²) in [5.41, 5.74) is 2.75. The molecule has 0 saturated heterocycles. The first-order valence-electron chi connectivity index (χ1n) is 12.6. The second-order valence-corrected chi connectivity index (χ2v) is 9.77. The minimum atomic E-state index is -0.613. The maximum absolute atomic E-state index is 13.2. The molecule has 0 saturated carbocycles. The first-order valence-corrected chi connectivity index (χ1v) is 12.6. The molecule has 0 fully saturated rings. The molecular weight excluding hydrogens is 482 g/mol. The molecule has 3 rings (SSSR count). The monoisotopic (exact) mass is 517 g/mol. The van der Waals surface area contributed by atoms with Gasteiger partial charge in [-0.25, -0.2) is 9.59 Å². The van der Waals surface area contributed by atoms with E-state index < -0.39 is 23.7 Å². The van der Waals surface area contributed by atoms with E-state index in [0.717, 1.165) is 16.7 Å². The van der Waals surface area contributed by atoms with Crippen molar-refractivity contribution >= 4 is 23.8 Å². The van der Waals surface area contributed by atoms with Crippen LogP contribution in [0.4, 0.5) is 15.3 Å². The van der Waals surface area contributed by atoms with Crippen molar-refractivity contribution in [3.05, 3.63) is 102 Å². The molecule has 0 aliphatic carbocycles. The number of nitrogens with one attached hydrogen (secondary N) is 3. The van der Waals surface area contributed by atoms with E-state index in [-0.39, 0.29) is 19.1 Å². The van der Waals surface area contributed by atoms with Crippen molar-refractivity contribution in [2.45, 2.75) is 45.3 Å². The molecule has 0 heterocycles. The van der Waals surface area contributed by atoms with E-state index in [1.54, 1.807) is 0 Å². The highest BCUT2D eigenvalue weighted by atomic mass is 16.6. The minimum Gasteiger partial charge on any atom is -0.445 e. The Morgan fingerprint density at radius 3 is 2.03 bits per heavy atom. The molecule has 8 heteroatoms. The molecule has 8 nitrogen and oxygen atoms in total. The molecule has 0 radical (unpaired) electrons. The van der Waals surface area contributed by atoms with E-state index in [9.17, 15) is 14.4 Å². The van der Waals surface area contributed by atoms with Gasteiger partial charge in [0, 0.05) is 18.8 Å². The van der Waals surface area contributed by atoms with E-state index in [1.807, 2.05) is 106 Å². The molecule has 1 unspecified atom stereocenters. The Labute approximate surface area is 223 Å². The number of benzene rings is 3. The third-order valence-electron chi connectivity index (χ3n) is 5.49. The summed E-state index contributed by atoms with van der Waals surface area (Å²) in [6.45, 7) is 6.11. The van der Waals surface area contributed by atoms with Gasteiger partial charge in [-0.2, -0.15) is 0 Å². The van der Waals surface area contributed by atoms with Crippen LogP contribution < -0.4 is 16.0 Å². The molecule has 3 aromatic rings. The van der Waals surface area contributed by atoms with E-state index in [0.29, 0.717) is 18.7 Å². The molecule has 0 aliphatic rings.